The molecule has 5 heteroatoms. The van der Waals surface area contributed by atoms with Crippen molar-refractivity contribution in [3.05, 3.63) is 0 Å². The molecule has 0 radical (unpaired) electrons. The molecule has 124 valence electrons. The van der Waals surface area contributed by atoms with E-state index in [-0.39, 0.29) is 29.5 Å². The minimum absolute atomic E-state index is 0. The quantitative estimate of drug-likeness (QED) is 0.441. The van der Waals surface area contributed by atoms with Crippen molar-refractivity contribution in [1.82, 2.24) is 15.1 Å². The van der Waals surface area contributed by atoms with Gasteiger partial charge in [0.05, 0.1) is 0 Å². The van der Waals surface area contributed by atoms with Gasteiger partial charge in [-0.15, -0.1) is 24.0 Å². The van der Waals surface area contributed by atoms with Crippen LogP contribution in [0.5, 0.6) is 0 Å². The second-order valence-electron chi connectivity index (χ2n) is 7.83. The number of nitrogens with one attached hydrogen (secondary N) is 1. The Balaban J connectivity index is 0.00000220. The highest BCUT2D eigenvalue weighted by molar-refractivity contribution is 14.0. The number of nitrogens with zero attached hydrogens (tertiary/aromatic N) is 3. The van der Waals surface area contributed by atoms with Crippen LogP contribution in [0, 0.1) is 11.3 Å². The first-order valence-corrected chi connectivity index (χ1v) is 7.85. The molecule has 2 rings (SSSR count). The summed E-state index contributed by atoms with van der Waals surface area (Å²) in [6.45, 7) is 11.4. The number of aliphatic imine (C=N–C) groups is 1. The van der Waals surface area contributed by atoms with E-state index in [1.165, 1.54) is 12.8 Å². The van der Waals surface area contributed by atoms with Gasteiger partial charge in [0, 0.05) is 37.1 Å². The third-order valence-electron chi connectivity index (χ3n) is 5.65. The summed E-state index contributed by atoms with van der Waals surface area (Å²) in [5.41, 5.74) is 0.518. The molecule has 1 unspecified atom stereocenters. The van der Waals surface area contributed by atoms with Crippen LogP contribution in [0.15, 0.2) is 4.99 Å². The Bertz CT molecular complexity index is 384. The van der Waals surface area contributed by atoms with E-state index in [1.807, 2.05) is 7.05 Å². The Kier molecular flexibility index (Phi) is 5.98. The first kappa shape index (κ1) is 19.0. The molecule has 2 aliphatic rings. The summed E-state index contributed by atoms with van der Waals surface area (Å²) in [5, 5.41) is 3.60. The fourth-order valence-electron chi connectivity index (χ4n) is 3.14. The summed E-state index contributed by atoms with van der Waals surface area (Å²) in [4.78, 5) is 9.25. The highest BCUT2D eigenvalue weighted by Crippen LogP contribution is 2.46. The van der Waals surface area contributed by atoms with Crippen molar-refractivity contribution in [2.24, 2.45) is 16.3 Å². The van der Waals surface area contributed by atoms with Crippen LogP contribution in [-0.4, -0.2) is 61.6 Å². The van der Waals surface area contributed by atoms with E-state index in [1.54, 1.807) is 0 Å². The smallest absolute Gasteiger partial charge is 0.194 e. The number of hydrogen-bond acceptors (Lipinski definition) is 2. The molecular formula is C16H33IN4. The Labute approximate surface area is 147 Å². The van der Waals surface area contributed by atoms with E-state index in [9.17, 15) is 0 Å². The van der Waals surface area contributed by atoms with Crippen molar-refractivity contribution in [3.63, 3.8) is 0 Å². The van der Waals surface area contributed by atoms with Gasteiger partial charge < -0.3 is 15.1 Å². The molecule has 0 aromatic carbocycles. The van der Waals surface area contributed by atoms with Gasteiger partial charge in [0.25, 0.3) is 0 Å². The van der Waals surface area contributed by atoms with Crippen LogP contribution in [-0.2, 0) is 0 Å². The molecule has 1 atom stereocenters. The average molecular weight is 408 g/mol. The number of likely N-dealkylation sites (tertiary alicyclic amines) is 1. The standard InChI is InChI=1S/C16H32N4.HI/c1-15(2)11-20(16(15,3)4)14(17-5)18-10-13(19(6)7)12-8-9-12;/h12-13H,8-11H2,1-7H3,(H,17,18);1H. The van der Waals surface area contributed by atoms with E-state index >= 15 is 0 Å². The Hall–Kier alpha value is -0.0400. The lowest BCUT2D eigenvalue weighted by molar-refractivity contribution is -0.0668. The van der Waals surface area contributed by atoms with Crippen LogP contribution >= 0.6 is 24.0 Å². The Morgan fingerprint density at radius 2 is 1.86 bits per heavy atom. The zero-order valence-corrected chi connectivity index (χ0v) is 17.1. The van der Waals surface area contributed by atoms with Crippen LogP contribution < -0.4 is 5.32 Å². The van der Waals surface area contributed by atoms with E-state index in [0.29, 0.717) is 11.5 Å². The van der Waals surface area contributed by atoms with Gasteiger partial charge in [-0.1, -0.05) is 13.8 Å². The van der Waals surface area contributed by atoms with E-state index in [2.05, 4.69) is 61.9 Å². The summed E-state index contributed by atoms with van der Waals surface area (Å²) in [7, 11) is 6.26. The van der Waals surface area contributed by atoms with Crippen molar-refractivity contribution >= 4 is 29.9 Å². The van der Waals surface area contributed by atoms with Crippen LogP contribution in [0.4, 0.5) is 0 Å². The van der Waals surface area contributed by atoms with Gasteiger partial charge in [-0.3, -0.25) is 4.99 Å². The number of halogens is 1. The van der Waals surface area contributed by atoms with Gasteiger partial charge in [-0.2, -0.15) is 0 Å². The summed E-state index contributed by atoms with van der Waals surface area (Å²) in [6, 6.07) is 0.629. The van der Waals surface area contributed by atoms with Crippen molar-refractivity contribution in [3.8, 4) is 0 Å². The largest absolute Gasteiger partial charge is 0.355 e. The maximum absolute atomic E-state index is 4.50. The van der Waals surface area contributed by atoms with Gasteiger partial charge in [0.15, 0.2) is 5.96 Å². The van der Waals surface area contributed by atoms with Crippen molar-refractivity contribution in [2.45, 2.75) is 52.1 Å². The lowest BCUT2D eigenvalue weighted by Gasteiger charge is -2.62. The maximum Gasteiger partial charge on any atom is 0.194 e. The fourth-order valence-corrected chi connectivity index (χ4v) is 3.14. The molecule has 0 amide bonds. The molecule has 1 N–H and O–H groups in total. The summed E-state index contributed by atoms with van der Waals surface area (Å²) < 4.78 is 0. The molecule has 1 aliphatic carbocycles. The molecule has 1 heterocycles. The minimum atomic E-state index is 0. The van der Waals surface area contributed by atoms with Gasteiger partial charge >= 0.3 is 0 Å². The van der Waals surface area contributed by atoms with E-state index in [0.717, 1.165) is 25.0 Å². The Morgan fingerprint density at radius 1 is 1.29 bits per heavy atom. The summed E-state index contributed by atoms with van der Waals surface area (Å²) >= 11 is 0. The highest BCUT2D eigenvalue weighted by atomic mass is 127. The second-order valence-corrected chi connectivity index (χ2v) is 7.83. The van der Waals surface area contributed by atoms with Gasteiger partial charge in [-0.25, -0.2) is 0 Å². The third kappa shape index (κ3) is 3.66. The molecule has 4 nitrogen and oxygen atoms in total. The van der Waals surface area contributed by atoms with Crippen LogP contribution in [0.1, 0.15) is 40.5 Å². The van der Waals surface area contributed by atoms with Crippen molar-refractivity contribution in [1.29, 1.82) is 0 Å². The molecule has 0 aromatic rings. The third-order valence-corrected chi connectivity index (χ3v) is 5.65. The summed E-state index contributed by atoms with van der Waals surface area (Å²) in [5.74, 6) is 1.93. The van der Waals surface area contributed by atoms with Crippen LogP contribution in [0.25, 0.3) is 0 Å². The van der Waals surface area contributed by atoms with Gasteiger partial charge in [-0.05, 0) is 46.7 Å². The zero-order chi connectivity index (χ0) is 15.1. The topological polar surface area (TPSA) is 30.9 Å². The molecule has 0 spiro atoms. The number of guanidine groups is 1. The molecule has 1 saturated heterocycles. The average Bonchev–Trinajstić information content (AvgIpc) is 3.16. The maximum atomic E-state index is 4.50. The van der Waals surface area contributed by atoms with Crippen LogP contribution in [0.3, 0.4) is 0 Å². The molecule has 0 bridgehead atoms. The Morgan fingerprint density at radius 3 is 2.19 bits per heavy atom. The SMILES string of the molecule is CN=C(NCC(C1CC1)N(C)C)N1CC(C)(C)C1(C)C.I. The van der Waals surface area contributed by atoms with E-state index < -0.39 is 0 Å². The number of rotatable bonds is 4. The second kappa shape index (κ2) is 6.60. The predicted octanol–water partition coefficient (Wildman–Crippen LogP) is 2.64. The van der Waals surface area contributed by atoms with Gasteiger partial charge in [0.1, 0.15) is 0 Å². The molecule has 2 fully saturated rings. The predicted molar refractivity (Wildman–Crippen MR) is 102 cm³/mol. The van der Waals surface area contributed by atoms with E-state index in [4.69, 9.17) is 0 Å². The van der Waals surface area contributed by atoms with Crippen LogP contribution in [0.2, 0.25) is 0 Å². The molecule has 0 aromatic heterocycles. The lowest BCUT2D eigenvalue weighted by atomic mass is 9.65. The van der Waals surface area contributed by atoms with Crippen molar-refractivity contribution in [2.75, 3.05) is 34.2 Å². The summed E-state index contributed by atoms with van der Waals surface area (Å²) in [6.07, 6.45) is 2.76. The monoisotopic (exact) mass is 408 g/mol. The fraction of sp³-hybridized carbons (Fsp3) is 0.938. The molecule has 21 heavy (non-hydrogen) atoms. The minimum Gasteiger partial charge on any atom is -0.355 e. The normalized spacial score (nSPS) is 25.1. The highest BCUT2D eigenvalue weighted by Gasteiger charge is 2.53. The van der Waals surface area contributed by atoms with Gasteiger partial charge in [0.2, 0.25) is 0 Å². The first-order chi connectivity index (χ1) is 9.20. The zero-order valence-electron chi connectivity index (χ0n) is 14.7. The number of likely N-dealkylation sites (N-methyl/N-ethyl adjacent to an activating group) is 1. The molecular weight excluding hydrogens is 375 g/mol. The lowest BCUT2D eigenvalue weighted by Crippen LogP contribution is -2.72. The first-order valence-electron chi connectivity index (χ1n) is 7.85. The molecule has 1 aliphatic heterocycles. The van der Waals surface area contributed by atoms with Crippen molar-refractivity contribution < 1.29 is 0 Å². The molecule has 1 saturated carbocycles. The number of hydrogen-bond donors (Lipinski definition) is 1.